The van der Waals surface area contributed by atoms with E-state index in [0.717, 1.165) is 30.3 Å². The van der Waals surface area contributed by atoms with Gasteiger partial charge in [0, 0.05) is 5.56 Å². The van der Waals surface area contributed by atoms with Crippen molar-refractivity contribution in [2.45, 2.75) is 28.5 Å². The van der Waals surface area contributed by atoms with Crippen molar-refractivity contribution >= 4 is 38.1 Å². The van der Waals surface area contributed by atoms with E-state index in [1.54, 1.807) is 0 Å². The molecule has 8 nitrogen and oxygen atoms in total. The first-order valence-corrected chi connectivity index (χ1v) is 11.7. The second kappa shape index (κ2) is 9.44. The lowest BCUT2D eigenvalue weighted by atomic mass is 10.0. The number of nitrogens with one attached hydrogen (secondary N) is 1. The predicted molar refractivity (Wildman–Crippen MR) is 116 cm³/mol. The van der Waals surface area contributed by atoms with Crippen LogP contribution in [0, 0.1) is 0 Å². The minimum Gasteiger partial charge on any atom is -0.478 e. The summed E-state index contributed by atoms with van der Waals surface area (Å²) in [5.41, 5.74) is 0.0283. The summed E-state index contributed by atoms with van der Waals surface area (Å²) in [6.07, 6.45) is -6.39. The van der Waals surface area contributed by atoms with Gasteiger partial charge in [0.25, 0.3) is 5.91 Å². The Kier molecular flexibility index (Phi) is 7.00. The maximum Gasteiger partial charge on any atom is 0.573 e. The number of carboxylic acid groups (broad SMARTS) is 1. The molecule has 3 rings (SSSR count). The molecule has 0 aliphatic carbocycles. The zero-order chi connectivity index (χ0) is 25.3. The molecule has 1 atom stereocenters. The van der Waals surface area contributed by atoms with Gasteiger partial charge in [-0.25, -0.2) is 13.2 Å². The van der Waals surface area contributed by atoms with Crippen molar-refractivity contribution < 1.29 is 46.1 Å². The zero-order valence-electron chi connectivity index (χ0n) is 17.2. The summed E-state index contributed by atoms with van der Waals surface area (Å²) in [6.45, 7) is 1.19. The number of halogens is 3. The lowest BCUT2D eigenvalue weighted by Crippen LogP contribution is -2.24. The summed E-state index contributed by atoms with van der Waals surface area (Å²) in [6, 6.07) is 10.4. The van der Waals surface area contributed by atoms with Gasteiger partial charge in [0.1, 0.15) is 21.1 Å². The molecule has 1 aromatic heterocycles. The summed E-state index contributed by atoms with van der Waals surface area (Å²) in [4.78, 5) is 23.4. The number of benzene rings is 2. The number of hydrogen-bond acceptors (Lipinski definition) is 7. The molecule has 0 spiro atoms. The summed E-state index contributed by atoms with van der Waals surface area (Å²) in [5.74, 6) is -2.76. The van der Waals surface area contributed by atoms with E-state index in [1.165, 1.54) is 31.2 Å². The molecule has 0 saturated heterocycles. The maximum atomic E-state index is 13.1. The number of rotatable bonds is 7. The van der Waals surface area contributed by atoms with Gasteiger partial charge in [0.2, 0.25) is 9.84 Å². The van der Waals surface area contributed by atoms with Crippen LogP contribution in [0.15, 0.2) is 63.7 Å². The molecule has 0 aliphatic rings. The fourth-order valence-corrected chi connectivity index (χ4v) is 5.64. The van der Waals surface area contributed by atoms with Crippen molar-refractivity contribution in [1.29, 1.82) is 0 Å². The van der Waals surface area contributed by atoms with Crippen LogP contribution in [0.5, 0.6) is 5.75 Å². The SMILES string of the molecule is C[C@H](O)C(=O)Nc1sc(S(=O)(=O)c2ccc(OC(F)(F)F)cc2)cc1-c1ccccc1C(=O)O. The quantitative estimate of drug-likeness (QED) is 0.431. The van der Waals surface area contributed by atoms with Gasteiger partial charge in [-0.15, -0.1) is 24.5 Å². The number of aromatic carboxylic acids is 1. The Morgan fingerprint density at radius 2 is 1.68 bits per heavy atom. The largest absolute Gasteiger partial charge is 0.573 e. The molecule has 13 heteroatoms. The van der Waals surface area contributed by atoms with E-state index < -0.39 is 39.9 Å². The fourth-order valence-electron chi connectivity index (χ4n) is 2.85. The second-order valence-electron chi connectivity index (χ2n) is 6.85. The standard InChI is InChI=1S/C21H16F3NO7S2/c1-11(26)18(27)25-19-16(14-4-2-3-5-15(14)20(28)29)10-17(33-19)34(30,31)13-8-6-12(7-9-13)32-21(22,23)24/h2-11,26H,1H3,(H,25,27)(H,28,29)/t11-/m0/s1. The predicted octanol–water partition coefficient (Wildman–Crippen LogP) is 4.16. The number of alkyl halides is 3. The van der Waals surface area contributed by atoms with Gasteiger partial charge in [-0.2, -0.15) is 0 Å². The van der Waals surface area contributed by atoms with Crippen molar-refractivity contribution in [2.24, 2.45) is 0 Å². The third kappa shape index (κ3) is 5.55. The maximum absolute atomic E-state index is 13.1. The molecule has 3 aromatic rings. The van der Waals surface area contributed by atoms with E-state index >= 15 is 0 Å². The Hall–Kier alpha value is -3.42. The van der Waals surface area contributed by atoms with Crippen LogP contribution in [-0.2, 0) is 14.6 Å². The van der Waals surface area contributed by atoms with Crippen LogP contribution >= 0.6 is 11.3 Å². The van der Waals surface area contributed by atoms with Crippen LogP contribution < -0.4 is 10.1 Å². The highest BCUT2D eigenvalue weighted by Crippen LogP contribution is 2.42. The Morgan fingerprint density at radius 3 is 2.24 bits per heavy atom. The third-order valence-electron chi connectivity index (χ3n) is 4.41. The summed E-state index contributed by atoms with van der Waals surface area (Å²) in [7, 11) is -4.28. The highest BCUT2D eigenvalue weighted by Gasteiger charge is 2.31. The zero-order valence-corrected chi connectivity index (χ0v) is 18.8. The molecule has 0 unspecified atom stereocenters. The molecule has 180 valence electrons. The van der Waals surface area contributed by atoms with Gasteiger partial charge in [-0.3, -0.25) is 4.79 Å². The van der Waals surface area contributed by atoms with Crippen molar-refractivity contribution in [3.05, 3.63) is 60.2 Å². The summed E-state index contributed by atoms with van der Waals surface area (Å²) in [5, 5.41) is 21.4. The number of carbonyl (C=O) groups excluding carboxylic acids is 1. The highest BCUT2D eigenvalue weighted by atomic mass is 32.2. The Bertz CT molecular complexity index is 1330. The molecule has 1 amide bonds. The molecule has 0 fully saturated rings. The lowest BCUT2D eigenvalue weighted by Gasteiger charge is -2.09. The fraction of sp³-hybridized carbons (Fsp3) is 0.143. The Labute approximate surface area is 195 Å². The van der Waals surface area contributed by atoms with Crippen LogP contribution in [0.25, 0.3) is 11.1 Å². The molecule has 0 saturated carbocycles. The molecular weight excluding hydrogens is 499 g/mol. The van der Waals surface area contributed by atoms with Crippen LogP contribution in [0.2, 0.25) is 0 Å². The van der Waals surface area contributed by atoms with Crippen LogP contribution in [0.3, 0.4) is 0 Å². The smallest absolute Gasteiger partial charge is 0.478 e. The number of ether oxygens (including phenoxy) is 1. The Morgan fingerprint density at radius 1 is 1.06 bits per heavy atom. The number of aliphatic hydroxyl groups is 1. The highest BCUT2D eigenvalue weighted by molar-refractivity contribution is 7.93. The monoisotopic (exact) mass is 515 g/mol. The topological polar surface area (TPSA) is 130 Å². The van der Waals surface area contributed by atoms with Crippen molar-refractivity contribution in [2.75, 3.05) is 5.32 Å². The van der Waals surface area contributed by atoms with Crippen molar-refractivity contribution in [3.63, 3.8) is 0 Å². The van der Waals surface area contributed by atoms with Crippen LogP contribution in [0.4, 0.5) is 18.2 Å². The van der Waals surface area contributed by atoms with Gasteiger partial charge in [0.15, 0.2) is 0 Å². The molecular formula is C21H16F3NO7S2. The van der Waals surface area contributed by atoms with Gasteiger partial charge in [-0.05, 0) is 48.9 Å². The van der Waals surface area contributed by atoms with Crippen molar-refractivity contribution in [1.82, 2.24) is 0 Å². The third-order valence-corrected chi connectivity index (χ3v) is 7.70. The molecule has 3 N–H and O–H groups in total. The molecule has 0 aliphatic heterocycles. The number of hydrogen-bond donors (Lipinski definition) is 3. The van der Waals surface area contributed by atoms with Crippen molar-refractivity contribution in [3.8, 4) is 16.9 Å². The van der Waals surface area contributed by atoms with E-state index in [9.17, 15) is 41.4 Å². The van der Waals surface area contributed by atoms with E-state index in [-0.39, 0.29) is 30.8 Å². The average Bonchev–Trinajstić information content (AvgIpc) is 3.17. The van der Waals surface area contributed by atoms with Gasteiger partial charge < -0.3 is 20.3 Å². The molecule has 2 aromatic carbocycles. The normalized spacial score (nSPS) is 12.7. The van der Waals surface area contributed by atoms with Gasteiger partial charge >= 0.3 is 12.3 Å². The van der Waals surface area contributed by atoms with Gasteiger partial charge in [0.05, 0.1) is 10.5 Å². The number of anilines is 1. The first-order chi connectivity index (χ1) is 15.8. The minimum absolute atomic E-state index is 0.0322. The minimum atomic E-state index is -4.95. The molecule has 34 heavy (non-hydrogen) atoms. The number of sulfone groups is 1. The number of carboxylic acids is 1. The lowest BCUT2D eigenvalue weighted by molar-refractivity contribution is -0.274. The number of aliphatic hydroxyl groups excluding tert-OH is 1. The van der Waals surface area contributed by atoms with E-state index in [1.807, 2.05) is 0 Å². The second-order valence-corrected chi connectivity index (χ2v) is 10.1. The number of thiophene rings is 1. The van der Waals surface area contributed by atoms with Gasteiger partial charge in [-0.1, -0.05) is 18.2 Å². The molecule has 1 heterocycles. The van der Waals surface area contributed by atoms with E-state index in [4.69, 9.17) is 0 Å². The van der Waals surface area contributed by atoms with E-state index in [0.29, 0.717) is 11.3 Å². The summed E-state index contributed by atoms with van der Waals surface area (Å²) >= 11 is 0.601. The summed E-state index contributed by atoms with van der Waals surface area (Å²) < 4.78 is 66.8. The first kappa shape index (κ1) is 25.2. The Balaban J connectivity index is 2.10. The number of carbonyl (C=O) groups is 2. The number of amides is 1. The first-order valence-electron chi connectivity index (χ1n) is 9.36. The molecule has 0 bridgehead atoms. The van der Waals surface area contributed by atoms with Crippen LogP contribution in [-0.4, -0.2) is 43.0 Å². The van der Waals surface area contributed by atoms with E-state index in [2.05, 4.69) is 10.1 Å². The van der Waals surface area contributed by atoms with Crippen LogP contribution in [0.1, 0.15) is 17.3 Å². The average molecular weight is 515 g/mol. The molecule has 0 radical (unpaired) electrons.